The monoisotopic (exact) mass is 718 g/mol. The van der Waals surface area contributed by atoms with Gasteiger partial charge in [0.2, 0.25) is 6.29 Å². The summed E-state index contributed by atoms with van der Waals surface area (Å²) in [5.74, 6) is 0. The van der Waals surface area contributed by atoms with Gasteiger partial charge in [-0.2, -0.15) is 0 Å². The summed E-state index contributed by atoms with van der Waals surface area (Å²) in [6.45, 7) is 0. The molecule has 0 spiro atoms. The van der Waals surface area contributed by atoms with Crippen LogP contribution in [0.4, 0.5) is 0 Å². The van der Waals surface area contributed by atoms with Crippen LogP contribution in [0.3, 0.4) is 0 Å². The molecule has 6 aromatic carbocycles. The number of nitrogens with one attached hydrogen (secondary N) is 1. The molecular weight excluding hydrogens is 685 g/mol. The minimum Gasteiger partial charge on any atom is -0.346 e. The Labute approximate surface area is 323 Å². The van der Waals surface area contributed by atoms with E-state index < -0.39 is 6.29 Å². The number of benzene rings is 6. The molecule has 0 bridgehead atoms. The van der Waals surface area contributed by atoms with Crippen molar-refractivity contribution in [3.05, 3.63) is 206 Å². The SMILES string of the molecule is C1=C(c2ccccc2)NC(n2c3ccc(-c4ccccn4)cc3c3ccc4c5cc(-c6ccccn6)ccc5n(-c5ccccc5)c4c32)N=C1c1ccccc1. The zero-order valence-electron chi connectivity index (χ0n) is 30.3. The van der Waals surface area contributed by atoms with Crippen LogP contribution in [-0.2, 0) is 0 Å². The van der Waals surface area contributed by atoms with Crippen LogP contribution in [-0.4, -0.2) is 24.8 Å². The van der Waals surface area contributed by atoms with Crippen molar-refractivity contribution in [3.8, 4) is 28.2 Å². The molecule has 6 heteroatoms. The van der Waals surface area contributed by atoms with E-state index in [-0.39, 0.29) is 0 Å². The largest absolute Gasteiger partial charge is 0.346 e. The van der Waals surface area contributed by atoms with Crippen molar-refractivity contribution >= 4 is 55.0 Å². The highest BCUT2D eigenvalue weighted by atomic mass is 15.3. The van der Waals surface area contributed by atoms with E-state index in [9.17, 15) is 0 Å². The summed E-state index contributed by atoms with van der Waals surface area (Å²) in [4.78, 5) is 15.0. The number of fused-ring (bicyclic) bond motifs is 7. The first kappa shape index (κ1) is 31.9. The van der Waals surface area contributed by atoms with Crippen molar-refractivity contribution in [2.45, 2.75) is 6.29 Å². The Morgan fingerprint density at radius 1 is 0.446 bits per heavy atom. The highest BCUT2D eigenvalue weighted by Crippen LogP contribution is 2.44. The van der Waals surface area contributed by atoms with Crippen LogP contribution in [0, 0.1) is 0 Å². The molecule has 0 saturated carbocycles. The first-order chi connectivity index (χ1) is 27.8. The van der Waals surface area contributed by atoms with Gasteiger partial charge in [-0.1, -0.05) is 115 Å². The van der Waals surface area contributed by atoms with Crippen LogP contribution in [0.5, 0.6) is 0 Å². The normalized spacial score (nSPS) is 14.2. The van der Waals surface area contributed by atoms with Gasteiger partial charge in [0.25, 0.3) is 0 Å². The Hall–Kier alpha value is -7.57. The second kappa shape index (κ2) is 13.1. The quantitative estimate of drug-likeness (QED) is 0.186. The number of aliphatic imine (C=N–C) groups is 1. The molecule has 0 aliphatic carbocycles. The van der Waals surface area contributed by atoms with Gasteiger partial charge in [0, 0.05) is 56.4 Å². The first-order valence-corrected chi connectivity index (χ1v) is 18.9. The van der Waals surface area contributed by atoms with Gasteiger partial charge in [0.1, 0.15) is 0 Å². The fraction of sp³-hybridized carbons (Fsp3) is 0.0200. The molecule has 1 atom stereocenters. The lowest BCUT2D eigenvalue weighted by atomic mass is 10.0. The van der Waals surface area contributed by atoms with E-state index in [4.69, 9.17) is 15.0 Å². The number of allylic oxidation sites excluding steroid dienone is 1. The summed E-state index contributed by atoms with van der Waals surface area (Å²) in [5.41, 5.74) is 13.6. The van der Waals surface area contributed by atoms with Gasteiger partial charge >= 0.3 is 0 Å². The lowest BCUT2D eigenvalue weighted by molar-refractivity contribution is 0.509. The van der Waals surface area contributed by atoms with E-state index in [1.165, 1.54) is 0 Å². The molecule has 10 aromatic rings. The maximum atomic E-state index is 5.53. The Kier molecular flexibility index (Phi) is 7.45. The third kappa shape index (κ3) is 5.22. The maximum absolute atomic E-state index is 5.53. The first-order valence-electron chi connectivity index (χ1n) is 18.9. The van der Waals surface area contributed by atoms with E-state index in [0.717, 1.165) is 94.3 Å². The summed E-state index contributed by atoms with van der Waals surface area (Å²) in [5, 5.41) is 8.50. The van der Waals surface area contributed by atoms with Crippen molar-refractivity contribution in [2.75, 3.05) is 0 Å². The molecule has 56 heavy (non-hydrogen) atoms. The van der Waals surface area contributed by atoms with Crippen LogP contribution < -0.4 is 5.32 Å². The lowest BCUT2D eigenvalue weighted by Gasteiger charge is -2.27. The molecule has 1 N–H and O–H groups in total. The van der Waals surface area contributed by atoms with E-state index in [0.29, 0.717) is 0 Å². The van der Waals surface area contributed by atoms with Crippen molar-refractivity contribution in [1.29, 1.82) is 0 Å². The second-order valence-corrected chi connectivity index (χ2v) is 14.1. The average molecular weight is 719 g/mol. The highest BCUT2D eigenvalue weighted by molar-refractivity contribution is 6.24. The van der Waals surface area contributed by atoms with E-state index in [1.807, 2.05) is 36.7 Å². The molecule has 6 nitrogen and oxygen atoms in total. The lowest BCUT2D eigenvalue weighted by Crippen LogP contribution is -2.29. The summed E-state index contributed by atoms with van der Waals surface area (Å²) < 4.78 is 4.83. The van der Waals surface area contributed by atoms with Crippen molar-refractivity contribution in [3.63, 3.8) is 0 Å². The molecule has 0 fully saturated rings. The zero-order valence-corrected chi connectivity index (χ0v) is 30.3. The number of pyridine rings is 2. The molecule has 0 saturated heterocycles. The Morgan fingerprint density at radius 3 is 1.62 bits per heavy atom. The third-order valence-corrected chi connectivity index (χ3v) is 10.9. The molecule has 0 amide bonds. The predicted octanol–water partition coefficient (Wildman–Crippen LogP) is 11.6. The number of rotatable bonds is 6. The number of nitrogens with zero attached hydrogens (tertiary/aromatic N) is 5. The molecule has 0 radical (unpaired) electrons. The van der Waals surface area contributed by atoms with Crippen molar-refractivity contribution in [1.82, 2.24) is 24.4 Å². The average Bonchev–Trinajstić information content (AvgIpc) is 3.80. The summed E-state index contributed by atoms with van der Waals surface area (Å²) >= 11 is 0. The van der Waals surface area contributed by atoms with Crippen LogP contribution in [0.25, 0.3) is 77.5 Å². The Morgan fingerprint density at radius 2 is 1.00 bits per heavy atom. The van der Waals surface area contributed by atoms with Crippen molar-refractivity contribution < 1.29 is 0 Å². The van der Waals surface area contributed by atoms with Gasteiger partial charge in [-0.3, -0.25) is 14.5 Å². The zero-order chi connectivity index (χ0) is 37.0. The minimum absolute atomic E-state index is 0.469. The fourth-order valence-corrected chi connectivity index (χ4v) is 8.31. The topological polar surface area (TPSA) is 60.0 Å². The van der Waals surface area contributed by atoms with Gasteiger partial charge in [0.15, 0.2) is 0 Å². The number of hydrogen-bond acceptors (Lipinski definition) is 4. The van der Waals surface area contributed by atoms with Gasteiger partial charge < -0.3 is 9.88 Å². The Balaban J connectivity index is 1.26. The summed E-state index contributed by atoms with van der Waals surface area (Å²) in [7, 11) is 0. The summed E-state index contributed by atoms with van der Waals surface area (Å²) in [6.07, 6.45) is 5.41. The molecule has 1 aliphatic rings. The fourth-order valence-electron chi connectivity index (χ4n) is 8.31. The standard InChI is InChI=1S/C50H34N6/c1-4-14-33(15-5-1)44-32-45(34-16-6-2-7-17-34)54-50(53-44)56-47-27-23-36(43-21-11-13-29-52-43)31-41(47)39-25-24-38-40-30-35(42-20-10-12-28-51-42)22-26-46(40)55(48(38)49(39)56)37-18-8-3-9-19-37/h1-32,50,53H. The predicted molar refractivity (Wildman–Crippen MR) is 230 cm³/mol. The highest BCUT2D eigenvalue weighted by Gasteiger charge is 2.27. The van der Waals surface area contributed by atoms with Crippen LogP contribution in [0.1, 0.15) is 17.4 Å². The van der Waals surface area contributed by atoms with Crippen LogP contribution in [0.15, 0.2) is 199 Å². The number of para-hydroxylation sites is 1. The van der Waals surface area contributed by atoms with E-state index in [2.05, 4.69) is 172 Å². The van der Waals surface area contributed by atoms with Gasteiger partial charge in [-0.05, 0) is 77.9 Å². The molecule has 1 unspecified atom stereocenters. The van der Waals surface area contributed by atoms with Gasteiger partial charge in [-0.25, -0.2) is 4.99 Å². The Bertz CT molecular complexity index is 3130. The van der Waals surface area contributed by atoms with Gasteiger partial charge in [-0.15, -0.1) is 0 Å². The smallest absolute Gasteiger partial charge is 0.201 e. The third-order valence-electron chi connectivity index (χ3n) is 10.9. The van der Waals surface area contributed by atoms with E-state index >= 15 is 0 Å². The van der Waals surface area contributed by atoms with E-state index in [1.54, 1.807) is 0 Å². The maximum Gasteiger partial charge on any atom is 0.201 e. The molecule has 11 rings (SSSR count). The van der Waals surface area contributed by atoms with Crippen LogP contribution in [0.2, 0.25) is 0 Å². The van der Waals surface area contributed by atoms with Crippen molar-refractivity contribution in [2.24, 2.45) is 4.99 Å². The summed E-state index contributed by atoms with van der Waals surface area (Å²) in [6, 6.07) is 61.8. The molecule has 1 aliphatic heterocycles. The minimum atomic E-state index is -0.469. The molecule has 4 aromatic heterocycles. The number of hydrogen-bond donors (Lipinski definition) is 1. The molecule has 5 heterocycles. The van der Waals surface area contributed by atoms with Crippen LogP contribution >= 0.6 is 0 Å². The van der Waals surface area contributed by atoms with Gasteiger partial charge in [0.05, 0.1) is 39.2 Å². The second-order valence-electron chi connectivity index (χ2n) is 14.1. The number of aromatic nitrogens is 4. The molecule has 264 valence electrons. The molecular formula is C50H34N6.